The lowest BCUT2D eigenvalue weighted by atomic mass is 10.0. The molecule has 0 saturated carbocycles. The van der Waals surface area contributed by atoms with Crippen LogP contribution in [0.15, 0.2) is 95.2 Å². The summed E-state index contributed by atoms with van der Waals surface area (Å²) in [4.78, 5) is 14.0. The maximum absolute atomic E-state index is 12.1. The summed E-state index contributed by atoms with van der Waals surface area (Å²) in [6, 6.07) is 24.2. The van der Waals surface area contributed by atoms with Crippen molar-refractivity contribution in [2.45, 2.75) is 16.2 Å². The van der Waals surface area contributed by atoms with Crippen LogP contribution in [0.25, 0.3) is 12.2 Å². The molecule has 0 aliphatic heterocycles. The van der Waals surface area contributed by atoms with E-state index in [1.165, 1.54) is 22.9 Å². The van der Waals surface area contributed by atoms with E-state index in [1.54, 1.807) is 6.08 Å². The summed E-state index contributed by atoms with van der Waals surface area (Å²) in [7, 11) is 0. The number of thiol groups is 1. The zero-order chi connectivity index (χ0) is 19.1. The lowest BCUT2D eigenvalue weighted by Gasteiger charge is -2.04. The molecule has 0 radical (unpaired) electrons. The molecule has 0 aliphatic rings. The molecule has 0 heterocycles. The number of rotatable bonds is 6. The Labute approximate surface area is 170 Å². The molecule has 0 aliphatic carbocycles. The lowest BCUT2D eigenvalue weighted by Crippen LogP contribution is -1.89. The molecule has 0 bridgehead atoms. The highest BCUT2D eigenvalue weighted by molar-refractivity contribution is 8.14. The maximum Gasteiger partial charge on any atom is 0.216 e. The quantitative estimate of drug-likeness (QED) is 0.293. The molecule has 0 amide bonds. The summed E-state index contributed by atoms with van der Waals surface area (Å²) in [6.45, 7) is 3.77. The minimum atomic E-state index is 0.0118. The summed E-state index contributed by atoms with van der Waals surface area (Å²) in [5.74, 6) is 0. The van der Waals surface area contributed by atoms with Crippen LogP contribution >= 0.6 is 24.4 Å². The predicted octanol–water partition coefficient (Wildman–Crippen LogP) is 6.54. The molecule has 3 rings (SSSR count). The van der Waals surface area contributed by atoms with E-state index in [0.29, 0.717) is 0 Å². The summed E-state index contributed by atoms with van der Waals surface area (Å²) in [5.41, 5.74) is 4.59. The first-order valence-electron chi connectivity index (χ1n) is 8.61. The van der Waals surface area contributed by atoms with Gasteiger partial charge in [0, 0.05) is 9.79 Å². The van der Waals surface area contributed by atoms with Crippen molar-refractivity contribution in [3.63, 3.8) is 0 Å². The van der Waals surface area contributed by atoms with Crippen LogP contribution in [0.5, 0.6) is 0 Å². The van der Waals surface area contributed by atoms with Crippen molar-refractivity contribution in [2.24, 2.45) is 0 Å². The molecule has 0 atom stereocenters. The minimum absolute atomic E-state index is 0.0118. The van der Waals surface area contributed by atoms with Crippen LogP contribution in [-0.2, 0) is 11.2 Å². The van der Waals surface area contributed by atoms with Gasteiger partial charge in [0.1, 0.15) is 0 Å². The summed E-state index contributed by atoms with van der Waals surface area (Å²) in [6.07, 6.45) is 6.14. The molecule has 0 spiro atoms. The number of thioether (sulfide) groups is 1. The fourth-order valence-electron chi connectivity index (χ4n) is 2.58. The first kappa shape index (κ1) is 19.3. The average molecular weight is 389 g/mol. The van der Waals surface area contributed by atoms with E-state index in [9.17, 15) is 4.79 Å². The Kier molecular flexibility index (Phi) is 6.74. The molecule has 27 heavy (non-hydrogen) atoms. The van der Waals surface area contributed by atoms with Gasteiger partial charge in [0.2, 0.25) is 5.12 Å². The Morgan fingerprint density at radius 3 is 2.00 bits per heavy atom. The molecular formula is C24H20OS2. The van der Waals surface area contributed by atoms with E-state index in [0.717, 1.165) is 27.3 Å². The van der Waals surface area contributed by atoms with Gasteiger partial charge in [-0.1, -0.05) is 67.3 Å². The molecule has 134 valence electrons. The Bertz CT molecular complexity index is 937. The number of carbonyl (C=O) groups excluding carboxylic acids is 1. The third kappa shape index (κ3) is 6.02. The van der Waals surface area contributed by atoms with Crippen molar-refractivity contribution in [1.82, 2.24) is 0 Å². The maximum atomic E-state index is 12.1. The number of hydrogen-bond donors (Lipinski definition) is 1. The molecule has 1 nitrogen and oxygen atoms in total. The summed E-state index contributed by atoms with van der Waals surface area (Å²) >= 11 is 5.49. The second kappa shape index (κ2) is 9.45. The molecule has 0 aromatic heterocycles. The van der Waals surface area contributed by atoms with Crippen LogP contribution in [0.1, 0.15) is 22.3 Å². The van der Waals surface area contributed by atoms with Crippen LogP contribution in [0.2, 0.25) is 0 Å². The van der Waals surface area contributed by atoms with Gasteiger partial charge in [0.25, 0.3) is 0 Å². The van der Waals surface area contributed by atoms with Gasteiger partial charge in [0.15, 0.2) is 0 Å². The van der Waals surface area contributed by atoms with Crippen LogP contribution < -0.4 is 0 Å². The first-order valence-corrected chi connectivity index (χ1v) is 9.88. The molecule has 3 aromatic rings. The predicted molar refractivity (Wildman–Crippen MR) is 119 cm³/mol. The third-order valence-corrected chi connectivity index (χ3v) is 5.21. The number of carbonyl (C=O) groups is 1. The van der Waals surface area contributed by atoms with Crippen molar-refractivity contribution < 1.29 is 4.79 Å². The topological polar surface area (TPSA) is 17.1 Å². The minimum Gasteiger partial charge on any atom is -0.282 e. The molecule has 0 N–H and O–H groups in total. The Morgan fingerprint density at radius 2 is 1.41 bits per heavy atom. The molecule has 0 unspecified atom stereocenters. The van der Waals surface area contributed by atoms with Crippen LogP contribution in [0, 0.1) is 0 Å². The van der Waals surface area contributed by atoms with Gasteiger partial charge < -0.3 is 0 Å². The van der Waals surface area contributed by atoms with Crippen LogP contribution in [0.4, 0.5) is 0 Å². The second-order valence-corrected chi connectivity index (χ2v) is 7.71. The highest BCUT2D eigenvalue weighted by atomic mass is 32.2. The zero-order valence-electron chi connectivity index (χ0n) is 14.8. The Balaban J connectivity index is 1.57. The monoisotopic (exact) mass is 388 g/mol. The third-order valence-electron chi connectivity index (χ3n) is 4.07. The number of benzene rings is 3. The van der Waals surface area contributed by atoms with Gasteiger partial charge in [-0.3, -0.25) is 4.79 Å². The lowest BCUT2D eigenvalue weighted by molar-refractivity contribution is -0.107. The highest BCUT2D eigenvalue weighted by Gasteiger charge is 2.02. The van der Waals surface area contributed by atoms with Gasteiger partial charge >= 0.3 is 0 Å². The zero-order valence-corrected chi connectivity index (χ0v) is 16.5. The fourth-order valence-corrected chi connectivity index (χ4v) is 3.37. The van der Waals surface area contributed by atoms with E-state index in [-0.39, 0.29) is 5.12 Å². The summed E-state index contributed by atoms with van der Waals surface area (Å²) < 4.78 is 0. The van der Waals surface area contributed by atoms with E-state index in [1.807, 2.05) is 48.6 Å². The van der Waals surface area contributed by atoms with Gasteiger partial charge in [-0.25, -0.2) is 0 Å². The molecule has 3 aromatic carbocycles. The standard InChI is InChI=1S/C24H20OS2/c1-2-18-3-5-20(6-4-18)17-21-9-14-23(15-10-21)27-24(25)16-11-19-7-12-22(26)13-8-19/h2-16,26H,1,17H2/b16-11+. The smallest absolute Gasteiger partial charge is 0.216 e. The Morgan fingerprint density at radius 1 is 0.852 bits per heavy atom. The van der Waals surface area contributed by atoms with Gasteiger partial charge in [-0.05, 0) is 70.8 Å². The van der Waals surface area contributed by atoms with Crippen molar-refractivity contribution >= 4 is 41.7 Å². The Hall–Kier alpha value is -2.49. The van der Waals surface area contributed by atoms with E-state index in [4.69, 9.17) is 0 Å². The SMILES string of the molecule is C=Cc1ccc(Cc2ccc(SC(=O)/C=C/c3ccc(S)cc3)cc2)cc1. The first-order chi connectivity index (χ1) is 13.1. The van der Waals surface area contributed by atoms with Crippen molar-refractivity contribution in [2.75, 3.05) is 0 Å². The van der Waals surface area contributed by atoms with E-state index in [2.05, 4.69) is 55.6 Å². The van der Waals surface area contributed by atoms with E-state index < -0.39 is 0 Å². The molecular weight excluding hydrogens is 368 g/mol. The fraction of sp³-hybridized carbons (Fsp3) is 0.0417. The van der Waals surface area contributed by atoms with Crippen LogP contribution in [-0.4, -0.2) is 5.12 Å². The van der Waals surface area contributed by atoms with Gasteiger partial charge in [-0.2, -0.15) is 0 Å². The normalized spacial score (nSPS) is 10.9. The van der Waals surface area contributed by atoms with Gasteiger partial charge in [0.05, 0.1) is 0 Å². The van der Waals surface area contributed by atoms with Crippen molar-refractivity contribution in [3.05, 3.63) is 108 Å². The second-order valence-electron chi connectivity index (χ2n) is 6.11. The molecule has 0 fully saturated rings. The van der Waals surface area contributed by atoms with E-state index >= 15 is 0 Å². The van der Waals surface area contributed by atoms with Gasteiger partial charge in [-0.15, -0.1) is 12.6 Å². The number of hydrogen-bond acceptors (Lipinski definition) is 3. The van der Waals surface area contributed by atoms with Crippen molar-refractivity contribution in [1.29, 1.82) is 0 Å². The average Bonchev–Trinajstić information content (AvgIpc) is 2.70. The van der Waals surface area contributed by atoms with Crippen LogP contribution in [0.3, 0.4) is 0 Å². The largest absolute Gasteiger partial charge is 0.282 e. The molecule has 0 saturated heterocycles. The highest BCUT2D eigenvalue weighted by Crippen LogP contribution is 2.22. The van der Waals surface area contributed by atoms with Crippen molar-refractivity contribution in [3.8, 4) is 0 Å². The molecule has 3 heteroatoms. The summed E-state index contributed by atoms with van der Waals surface area (Å²) in [5, 5.41) is 0.0118.